The first kappa shape index (κ1) is 9.76. The van der Waals surface area contributed by atoms with Crippen molar-refractivity contribution in [3.63, 3.8) is 0 Å². The minimum absolute atomic E-state index is 0.137. The molecule has 4 N–H and O–H groups in total. The van der Waals surface area contributed by atoms with Gasteiger partial charge in [-0.1, -0.05) is 0 Å². The standard InChI is InChI=1S/C8H7B2N5/c1-2-7(12)15-8-5(13-2)3(9)4(11)6(10)14-8/h11H2,1H3,(H2,12,14,15). The molecule has 0 saturated carbocycles. The molecule has 2 aromatic rings. The molecule has 15 heavy (non-hydrogen) atoms. The summed E-state index contributed by atoms with van der Waals surface area (Å²) in [5.41, 5.74) is 13.2. The van der Waals surface area contributed by atoms with E-state index in [1.165, 1.54) is 0 Å². The fraction of sp³-hybridized carbons (Fsp3) is 0.125. The summed E-state index contributed by atoms with van der Waals surface area (Å²) in [6, 6.07) is 0. The molecule has 2 aromatic heterocycles. The molecule has 0 aromatic carbocycles. The van der Waals surface area contributed by atoms with E-state index in [4.69, 9.17) is 27.2 Å². The largest absolute Gasteiger partial charge is 0.398 e. The van der Waals surface area contributed by atoms with Gasteiger partial charge in [0.25, 0.3) is 0 Å². The minimum Gasteiger partial charge on any atom is -0.398 e. The third kappa shape index (κ3) is 1.40. The molecule has 0 aliphatic rings. The fourth-order valence-corrected chi connectivity index (χ4v) is 1.22. The van der Waals surface area contributed by atoms with Gasteiger partial charge in [-0.05, 0) is 12.4 Å². The van der Waals surface area contributed by atoms with E-state index in [0.29, 0.717) is 22.7 Å². The van der Waals surface area contributed by atoms with Crippen LogP contribution in [0.3, 0.4) is 0 Å². The lowest BCUT2D eigenvalue weighted by Crippen LogP contribution is -2.26. The zero-order valence-electron chi connectivity index (χ0n) is 8.15. The smallest absolute Gasteiger partial charge is 0.179 e. The van der Waals surface area contributed by atoms with Crippen LogP contribution in [0.5, 0.6) is 0 Å². The average molecular weight is 195 g/mol. The van der Waals surface area contributed by atoms with Crippen molar-refractivity contribution in [1.29, 1.82) is 0 Å². The highest BCUT2D eigenvalue weighted by molar-refractivity contribution is 6.46. The first-order chi connectivity index (χ1) is 7.00. The number of nitrogens with zero attached hydrogens (tertiary/aromatic N) is 3. The van der Waals surface area contributed by atoms with Crippen LogP contribution in [0, 0.1) is 6.92 Å². The quantitative estimate of drug-likeness (QED) is 0.478. The van der Waals surface area contributed by atoms with Crippen LogP contribution in [0.4, 0.5) is 11.5 Å². The second-order valence-electron chi connectivity index (χ2n) is 3.19. The van der Waals surface area contributed by atoms with E-state index in [1.54, 1.807) is 6.92 Å². The maximum Gasteiger partial charge on any atom is 0.179 e. The lowest BCUT2D eigenvalue weighted by molar-refractivity contribution is 1.18. The maximum atomic E-state index is 5.75. The molecule has 4 radical (unpaired) electrons. The average Bonchev–Trinajstić information content (AvgIpc) is 2.19. The highest BCUT2D eigenvalue weighted by Crippen LogP contribution is 2.10. The number of hydrogen-bond donors (Lipinski definition) is 2. The van der Waals surface area contributed by atoms with Gasteiger partial charge in [-0.3, -0.25) is 0 Å². The summed E-state index contributed by atoms with van der Waals surface area (Å²) >= 11 is 0. The van der Waals surface area contributed by atoms with Gasteiger partial charge in [-0.25, -0.2) is 15.0 Å². The van der Waals surface area contributed by atoms with Crippen LogP contribution in [-0.4, -0.2) is 30.6 Å². The van der Waals surface area contributed by atoms with Crippen LogP contribution in [0.1, 0.15) is 5.69 Å². The number of nitrogens with two attached hydrogens (primary N) is 2. The van der Waals surface area contributed by atoms with Crippen molar-refractivity contribution in [3.05, 3.63) is 5.69 Å². The second kappa shape index (κ2) is 3.12. The molecular formula is C8H7B2N5. The third-order valence-electron chi connectivity index (χ3n) is 2.14. The van der Waals surface area contributed by atoms with Crippen LogP contribution in [0.15, 0.2) is 0 Å². The van der Waals surface area contributed by atoms with Gasteiger partial charge < -0.3 is 11.5 Å². The van der Waals surface area contributed by atoms with Crippen LogP contribution >= 0.6 is 0 Å². The number of pyridine rings is 1. The van der Waals surface area contributed by atoms with Crippen LogP contribution in [0.2, 0.25) is 0 Å². The highest BCUT2D eigenvalue weighted by atomic mass is 15.0. The number of fused-ring (bicyclic) bond motifs is 1. The predicted octanol–water partition coefficient (Wildman–Crippen LogP) is -1.91. The summed E-state index contributed by atoms with van der Waals surface area (Å²) in [5.74, 6) is 0.304. The monoisotopic (exact) mass is 195 g/mol. The van der Waals surface area contributed by atoms with Gasteiger partial charge in [0.05, 0.1) is 5.69 Å². The third-order valence-corrected chi connectivity index (χ3v) is 2.14. The number of rotatable bonds is 0. The first-order valence-electron chi connectivity index (χ1n) is 4.25. The molecule has 0 aliphatic heterocycles. The topological polar surface area (TPSA) is 90.7 Å². The molecule has 0 fully saturated rings. The Hall–Kier alpha value is -1.78. The molecule has 2 rings (SSSR count). The van der Waals surface area contributed by atoms with Crippen LogP contribution in [0.25, 0.3) is 11.2 Å². The predicted molar refractivity (Wildman–Crippen MR) is 61.7 cm³/mol. The Balaban J connectivity index is 2.93. The molecule has 0 spiro atoms. The second-order valence-corrected chi connectivity index (χ2v) is 3.19. The molecule has 2 heterocycles. The van der Waals surface area contributed by atoms with Gasteiger partial charge in [0.2, 0.25) is 0 Å². The Kier molecular flexibility index (Phi) is 2.03. The van der Waals surface area contributed by atoms with Crippen molar-refractivity contribution in [2.24, 2.45) is 0 Å². The van der Waals surface area contributed by atoms with E-state index in [2.05, 4.69) is 15.0 Å². The first-order valence-corrected chi connectivity index (χ1v) is 4.25. The Bertz CT molecular complexity index is 549. The van der Waals surface area contributed by atoms with E-state index in [1.807, 2.05) is 0 Å². The van der Waals surface area contributed by atoms with Crippen molar-refractivity contribution in [2.45, 2.75) is 6.92 Å². The van der Waals surface area contributed by atoms with E-state index >= 15 is 0 Å². The van der Waals surface area contributed by atoms with Crippen molar-refractivity contribution in [3.8, 4) is 0 Å². The van der Waals surface area contributed by atoms with Crippen molar-refractivity contribution in [1.82, 2.24) is 15.0 Å². The summed E-state index contributed by atoms with van der Waals surface area (Å²) in [6.07, 6.45) is 0. The highest BCUT2D eigenvalue weighted by Gasteiger charge is 2.09. The lowest BCUT2D eigenvalue weighted by atomic mass is 9.88. The fourth-order valence-electron chi connectivity index (χ4n) is 1.22. The molecular weight excluding hydrogens is 188 g/mol. The van der Waals surface area contributed by atoms with Crippen LogP contribution in [-0.2, 0) is 0 Å². The molecule has 0 atom stereocenters. The van der Waals surface area contributed by atoms with Gasteiger partial charge in [0, 0.05) is 11.3 Å². The number of anilines is 2. The van der Waals surface area contributed by atoms with Gasteiger partial charge in [-0.15, -0.1) is 0 Å². The van der Waals surface area contributed by atoms with Gasteiger partial charge in [-0.2, -0.15) is 0 Å². The number of nitrogen functional groups attached to an aromatic ring is 2. The van der Waals surface area contributed by atoms with E-state index in [0.717, 1.165) is 0 Å². The van der Waals surface area contributed by atoms with Crippen molar-refractivity contribution in [2.75, 3.05) is 11.5 Å². The summed E-state index contributed by atoms with van der Waals surface area (Å²) < 4.78 is 0. The molecule has 0 saturated heterocycles. The summed E-state index contributed by atoms with van der Waals surface area (Å²) in [5, 5.41) is 0. The van der Waals surface area contributed by atoms with E-state index in [9.17, 15) is 0 Å². The van der Waals surface area contributed by atoms with E-state index in [-0.39, 0.29) is 16.7 Å². The lowest BCUT2D eigenvalue weighted by Gasteiger charge is -2.09. The Morgan fingerprint density at radius 1 is 1.07 bits per heavy atom. The summed E-state index contributed by atoms with van der Waals surface area (Å²) in [4.78, 5) is 12.1. The Morgan fingerprint density at radius 2 is 1.73 bits per heavy atom. The Morgan fingerprint density at radius 3 is 2.40 bits per heavy atom. The zero-order valence-corrected chi connectivity index (χ0v) is 8.15. The SMILES string of the molecule is [B]c1nc2nc(N)c(C)nc2c([B])c1N. The minimum atomic E-state index is 0.137. The van der Waals surface area contributed by atoms with Crippen LogP contribution < -0.4 is 22.5 Å². The molecule has 0 bridgehead atoms. The van der Waals surface area contributed by atoms with Gasteiger partial charge in [0.15, 0.2) is 5.65 Å². The molecule has 0 aliphatic carbocycles. The van der Waals surface area contributed by atoms with Crippen molar-refractivity contribution >= 4 is 49.4 Å². The number of aromatic nitrogens is 3. The number of hydrogen-bond acceptors (Lipinski definition) is 5. The molecule has 0 unspecified atom stereocenters. The molecule has 7 heteroatoms. The summed E-state index contributed by atoms with van der Waals surface area (Å²) in [7, 11) is 11.3. The van der Waals surface area contributed by atoms with Crippen molar-refractivity contribution < 1.29 is 0 Å². The normalized spacial score (nSPS) is 10.7. The molecule has 70 valence electrons. The zero-order chi connectivity index (χ0) is 11.2. The maximum absolute atomic E-state index is 5.75. The van der Waals surface area contributed by atoms with Gasteiger partial charge in [0.1, 0.15) is 27.0 Å². The molecule has 5 nitrogen and oxygen atoms in total. The summed E-state index contributed by atoms with van der Waals surface area (Å²) in [6.45, 7) is 1.73. The molecule has 0 amide bonds. The number of aryl methyl sites for hydroxylation is 1. The van der Waals surface area contributed by atoms with Gasteiger partial charge >= 0.3 is 0 Å². The Labute approximate surface area is 89.1 Å². The van der Waals surface area contributed by atoms with E-state index < -0.39 is 0 Å².